The van der Waals surface area contributed by atoms with Crippen LogP contribution in [0.2, 0.25) is 10.0 Å². The quantitative estimate of drug-likeness (QED) is 0.236. The van der Waals surface area contributed by atoms with Crippen LogP contribution in [0.4, 0.5) is 5.69 Å². The molecule has 0 saturated heterocycles. The number of halogens is 3. The largest absolute Gasteiger partial charge is 0.354 e. The van der Waals surface area contributed by atoms with Crippen molar-refractivity contribution in [3.05, 3.63) is 92.4 Å². The first-order chi connectivity index (χ1) is 19.0. The number of nitrogens with one attached hydrogen (secondary N) is 1. The van der Waals surface area contributed by atoms with Crippen LogP contribution >= 0.6 is 39.1 Å². The predicted octanol–water partition coefficient (Wildman–Crippen LogP) is 6.59. The summed E-state index contributed by atoms with van der Waals surface area (Å²) in [5, 5.41) is 3.53. The summed E-state index contributed by atoms with van der Waals surface area (Å²) in [6, 6.07) is 17.2. The van der Waals surface area contributed by atoms with E-state index in [9.17, 15) is 18.0 Å². The SMILES string of the molecule is CCCNC(=O)C(CC)N(Cc1c(Cl)cccc1Cl)C(=O)CN(c1ccc(Br)cc1)S(=O)(=O)c1ccc(C)cc1. The Hall–Kier alpha value is -2.59. The Balaban J connectivity index is 2.08. The van der Waals surface area contributed by atoms with Crippen molar-refractivity contribution >= 4 is 66.7 Å². The zero-order chi connectivity index (χ0) is 29.4. The number of sulfonamides is 1. The molecule has 214 valence electrons. The number of amides is 2. The Labute approximate surface area is 254 Å². The molecule has 3 aromatic carbocycles. The molecule has 3 rings (SSSR count). The summed E-state index contributed by atoms with van der Waals surface area (Å²) in [6.07, 6.45) is 1.02. The maximum atomic E-state index is 14.1. The van der Waals surface area contributed by atoms with Gasteiger partial charge in [-0.2, -0.15) is 0 Å². The molecule has 0 bridgehead atoms. The third-order valence-corrected chi connectivity index (χ3v) is 9.35. The van der Waals surface area contributed by atoms with E-state index in [0.717, 1.165) is 20.8 Å². The van der Waals surface area contributed by atoms with Crippen molar-refractivity contribution in [3.8, 4) is 0 Å². The molecule has 0 spiro atoms. The lowest BCUT2D eigenvalue weighted by Gasteiger charge is -2.33. The number of rotatable bonds is 12. The number of hydrogen-bond acceptors (Lipinski definition) is 4. The number of aryl methyl sites for hydroxylation is 1. The van der Waals surface area contributed by atoms with Crippen LogP contribution in [-0.2, 0) is 26.2 Å². The maximum absolute atomic E-state index is 14.1. The molecular formula is C29H32BrCl2N3O4S. The fraction of sp³-hybridized carbons (Fsp3) is 0.310. The average Bonchev–Trinajstić information content (AvgIpc) is 2.92. The van der Waals surface area contributed by atoms with E-state index in [0.29, 0.717) is 34.3 Å². The minimum Gasteiger partial charge on any atom is -0.354 e. The lowest BCUT2D eigenvalue weighted by molar-refractivity contribution is -0.140. The minimum atomic E-state index is -4.15. The molecule has 11 heteroatoms. The standard InChI is InChI=1S/C29H32BrCl2N3O4S/c1-4-17-33-29(37)27(5-2)34(18-24-25(31)7-6-8-26(24)32)28(36)19-35(22-13-11-21(30)12-14-22)40(38,39)23-15-9-20(3)10-16-23/h6-16,27H,4-5,17-19H2,1-3H3,(H,33,37). The summed E-state index contributed by atoms with van der Waals surface area (Å²) in [5.41, 5.74) is 1.67. The van der Waals surface area contributed by atoms with E-state index in [4.69, 9.17) is 23.2 Å². The van der Waals surface area contributed by atoms with Crippen LogP contribution < -0.4 is 9.62 Å². The zero-order valence-corrected chi connectivity index (χ0v) is 26.4. The van der Waals surface area contributed by atoms with Crippen LogP contribution in [0.1, 0.15) is 37.8 Å². The molecule has 7 nitrogen and oxygen atoms in total. The molecule has 3 aromatic rings. The molecule has 0 aromatic heterocycles. The van der Waals surface area contributed by atoms with E-state index in [2.05, 4.69) is 21.2 Å². The summed E-state index contributed by atoms with van der Waals surface area (Å²) in [4.78, 5) is 28.7. The van der Waals surface area contributed by atoms with Gasteiger partial charge in [0.25, 0.3) is 10.0 Å². The van der Waals surface area contributed by atoms with Gasteiger partial charge in [-0.25, -0.2) is 8.42 Å². The van der Waals surface area contributed by atoms with E-state index >= 15 is 0 Å². The second-order valence-corrected chi connectivity index (χ2v) is 12.8. The van der Waals surface area contributed by atoms with Gasteiger partial charge in [-0.1, -0.05) is 76.7 Å². The Bertz CT molecular complexity index is 1410. The number of carbonyl (C=O) groups is 2. The molecule has 0 fully saturated rings. The van der Waals surface area contributed by atoms with Gasteiger partial charge < -0.3 is 10.2 Å². The van der Waals surface area contributed by atoms with Gasteiger partial charge in [0.2, 0.25) is 11.8 Å². The smallest absolute Gasteiger partial charge is 0.264 e. The van der Waals surface area contributed by atoms with Gasteiger partial charge in [0.1, 0.15) is 12.6 Å². The first-order valence-electron chi connectivity index (χ1n) is 12.8. The number of anilines is 1. The Morgan fingerprint density at radius 1 is 0.950 bits per heavy atom. The van der Waals surface area contributed by atoms with Crippen LogP contribution in [0.25, 0.3) is 0 Å². The van der Waals surface area contributed by atoms with Crippen molar-refractivity contribution in [2.45, 2.75) is 51.1 Å². The summed E-state index contributed by atoms with van der Waals surface area (Å²) in [6.45, 7) is 5.40. The number of benzene rings is 3. The molecule has 1 atom stereocenters. The maximum Gasteiger partial charge on any atom is 0.264 e. The first kappa shape index (κ1) is 31.9. The zero-order valence-electron chi connectivity index (χ0n) is 22.5. The van der Waals surface area contributed by atoms with Crippen molar-refractivity contribution in [2.75, 3.05) is 17.4 Å². The van der Waals surface area contributed by atoms with Crippen LogP contribution in [0.3, 0.4) is 0 Å². The summed E-state index contributed by atoms with van der Waals surface area (Å²) in [7, 11) is -4.15. The normalized spacial score (nSPS) is 12.1. The molecule has 2 amide bonds. The van der Waals surface area contributed by atoms with Gasteiger partial charge in [0, 0.05) is 33.2 Å². The highest BCUT2D eigenvalue weighted by Gasteiger charge is 2.34. The number of hydrogen-bond donors (Lipinski definition) is 1. The highest BCUT2D eigenvalue weighted by Crippen LogP contribution is 2.29. The van der Waals surface area contributed by atoms with Crippen molar-refractivity contribution in [1.29, 1.82) is 0 Å². The van der Waals surface area contributed by atoms with Crippen molar-refractivity contribution in [2.24, 2.45) is 0 Å². The Morgan fingerprint density at radius 3 is 2.10 bits per heavy atom. The van der Waals surface area contributed by atoms with Gasteiger partial charge in [-0.05, 0) is 68.3 Å². The van der Waals surface area contributed by atoms with Gasteiger partial charge in [-0.3, -0.25) is 13.9 Å². The molecule has 1 unspecified atom stereocenters. The molecule has 0 saturated carbocycles. The molecule has 0 aliphatic rings. The predicted molar refractivity (Wildman–Crippen MR) is 164 cm³/mol. The fourth-order valence-electron chi connectivity index (χ4n) is 4.11. The van der Waals surface area contributed by atoms with E-state index in [1.165, 1.54) is 17.0 Å². The Morgan fingerprint density at radius 2 is 1.55 bits per heavy atom. The molecule has 0 aliphatic heterocycles. The fourth-order valence-corrected chi connectivity index (χ4v) is 6.31. The van der Waals surface area contributed by atoms with Gasteiger partial charge in [0.15, 0.2) is 0 Å². The number of nitrogens with zero attached hydrogens (tertiary/aromatic N) is 2. The summed E-state index contributed by atoms with van der Waals surface area (Å²) >= 11 is 16.2. The van der Waals surface area contributed by atoms with Gasteiger partial charge in [-0.15, -0.1) is 0 Å². The molecule has 0 aliphatic carbocycles. The summed E-state index contributed by atoms with van der Waals surface area (Å²) < 4.78 is 29.6. The lowest BCUT2D eigenvalue weighted by Crippen LogP contribution is -2.52. The summed E-state index contributed by atoms with van der Waals surface area (Å²) in [5.74, 6) is -0.912. The van der Waals surface area contributed by atoms with Crippen molar-refractivity contribution in [3.63, 3.8) is 0 Å². The molecule has 1 N–H and O–H groups in total. The minimum absolute atomic E-state index is 0.0437. The highest BCUT2D eigenvalue weighted by molar-refractivity contribution is 9.10. The van der Waals surface area contributed by atoms with E-state index < -0.39 is 28.5 Å². The second-order valence-electron chi connectivity index (χ2n) is 9.24. The first-order valence-corrected chi connectivity index (χ1v) is 15.8. The topological polar surface area (TPSA) is 86.8 Å². The molecule has 40 heavy (non-hydrogen) atoms. The molecule has 0 heterocycles. The average molecular weight is 669 g/mol. The Kier molecular flexibility index (Phi) is 11.5. The van der Waals surface area contributed by atoms with Crippen LogP contribution in [0.15, 0.2) is 76.1 Å². The van der Waals surface area contributed by atoms with Gasteiger partial charge in [0.05, 0.1) is 10.6 Å². The van der Waals surface area contributed by atoms with Crippen molar-refractivity contribution < 1.29 is 18.0 Å². The third-order valence-electron chi connectivity index (χ3n) is 6.33. The highest BCUT2D eigenvalue weighted by atomic mass is 79.9. The number of carbonyl (C=O) groups excluding carboxylic acids is 2. The second kappa shape index (κ2) is 14.3. The van der Waals surface area contributed by atoms with Crippen LogP contribution in [0, 0.1) is 6.92 Å². The van der Waals surface area contributed by atoms with Gasteiger partial charge >= 0.3 is 0 Å². The van der Waals surface area contributed by atoms with E-state index in [-0.39, 0.29) is 17.3 Å². The molecule has 0 radical (unpaired) electrons. The van der Waals surface area contributed by atoms with Crippen molar-refractivity contribution in [1.82, 2.24) is 10.2 Å². The van der Waals surface area contributed by atoms with Crippen LogP contribution in [0.5, 0.6) is 0 Å². The monoisotopic (exact) mass is 667 g/mol. The lowest BCUT2D eigenvalue weighted by atomic mass is 10.1. The van der Waals surface area contributed by atoms with E-state index in [1.54, 1.807) is 61.5 Å². The van der Waals surface area contributed by atoms with E-state index in [1.807, 2.05) is 13.8 Å². The van der Waals surface area contributed by atoms with Crippen LogP contribution in [-0.4, -0.2) is 44.3 Å². The molecular weight excluding hydrogens is 637 g/mol. The third kappa shape index (κ3) is 7.78.